The Labute approximate surface area is 120 Å². The summed E-state index contributed by atoms with van der Waals surface area (Å²) in [6.45, 7) is 0.178. The molecule has 19 heavy (non-hydrogen) atoms. The van der Waals surface area contributed by atoms with Crippen LogP contribution in [-0.4, -0.2) is 19.1 Å². The van der Waals surface area contributed by atoms with Crippen LogP contribution in [0.5, 0.6) is 5.75 Å². The van der Waals surface area contributed by atoms with Gasteiger partial charge in [-0.25, -0.2) is 0 Å². The zero-order chi connectivity index (χ0) is 13.7. The molecule has 2 aromatic rings. The van der Waals surface area contributed by atoms with Gasteiger partial charge in [-0.2, -0.15) is 0 Å². The molecule has 1 amide bonds. The lowest BCUT2D eigenvalue weighted by Crippen LogP contribution is -2.28. The number of hydrogen-bond acceptors (Lipinski definition) is 2. The topological polar surface area (TPSA) is 38.3 Å². The third kappa shape index (κ3) is 3.73. The molecule has 0 aliphatic carbocycles. The number of benzene rings is 2. The van der Waals surface area contributed by atoms with E-state index in [1.54, 1.807) is 0 Å². The highest BCUT2D eigenvalue weighted by molar-refractivity contribution is 9.10. The summed E-state index contributed by atoms with van der Waals surface area (Å²) in [7, 11) is 0. The molecule has 4 heteroatoms. The molecule has 0 aliphatic rings. The van der Waals surface area contributed by atoms with E-state index in [-0.39, 0.29) is 19.1 Å². The van der Waals surface area contributed by atoms with Crippen molar-refractivity contribution in [3.63, 3.8) is 0 Å². The van der Waals surface area contributed by atoms with Crippen LogP contribution in [0.25, 0.3) is 10.8 Å². The van der Waals surface area contributed by atoms with Gasteiger partial charge in [0.05, 0.1) is 6.54 Å². The summed E-state index contributed by atoms with van der Waals surface area (Å²) in [5.41, 5.74) is 0. The van der Waals surface area contributed by atoms with Gasteiger partial charge in [-0.05, 0) is 35.0 Å². The lowest BCUT2D eigenvalue weighted by Gasteiger charge is -2.07. The number of fused-ring (bicyclic) bond motifs is 1. The number of amides is 1. The minimum absolute atomic E-state index is 0.0380. The Balaban J connectivity index is 2.04. The van der Waals surface area contributed by atoms with E-state index >= 15 is 0 Å². The third-order valence-electron chi connectivity index (χ3n) is 2.53. The number of carbonyl (C=O) groups is 1. The highest BCUT2D eigenvalue weighted by Crippen LogP contribution is 2.23. The fourth-order valence-corrected chi connectivity index (χ4v) is 2.01. The fraction of sp³-hybridized carbons (Fsp3) is 0.133. The summed E-state index contributed by atoms with van der Waals surface area (Å²) >= 11 is 3.42. The second kappa shape index (κ2) is 6.26. The number of terminal acetylenes is 1. The molecule has 0 saturated carbocycles. The molecular weight excluding hydrogens is 306 g/mol. The Kier molecular flexibility index (Phi) is 4.43. The first-order valence-electron chi connectivity index (χ1n) is 5.71. The van der Waals surface area contributed by atoms with Crippen molar-refractivity contribution >= 4 is 32.6 Å². The molecule has 0 aliphatic heterocycles. The zero-order valence-corrected chi connectivity index (χ0v) is 11.7. The first-order valence-corrected chi connectivity index (χ1v) is 6.50. The van der Waals surface area contributed by atoms with Crippen molar-refractivity contribution in [3.8, 4) is 18.1 Å². The number of rotatable bonds is 4. The van der Waals surface area contributed by atoms with Gasteiger partial charge in [-0.15, -0.1) is 6.42 Å². The molecule has 0 atom stereocenters. The van der Waals surface area contributed by atoms with Crippen LogP contribution in [0, 0.1) is 12.3 Å². The van der Waals surface area contributed by atoms with Crippen LogP contribution in [-0.2, 0) is 4.79 Å². The normalized spacial score (nSPS) is 9.89. The molecule has 3 nitrogen and oxygen atoms in total. The summed E-state index contributed by atoms with van der Waals surface area (Å²) in [4.78, 5) is 11.3. The molecule has 1 N–H and O–H groups in total. The number of hydrogen-bond donors (Lipinski definition) is 1. The molecular formula is C15H12BrNO2. The summed E-state index contributed by atoms with van der Waals surface area (Å²) in [5, 5.41) is 4.71. The van der Waals surface area contributed by atoms with Crippen LogP contribution >= 0.6 is 15.9 Å². The molecule has 2 aromatic carbocycles. The largest absolute Gasteiger partial charge is 0.484 e. The smallest absolute Gasteiger partial charge is 0.258 e. The molecule has 0 spiro atoms. The molecule has 2 rings (SSSR count). The molecule has 0 bridgehead atoms. The maximum Gasteiger partial charge on any atom is 0.258 e. The molecule has 0 unspecified atom stereocenters. The quantitative estimate of drug-likeness (QED) is 0.881. The monoisotopic (exact) mass is 317 g/mol. The predicted octanol–water partition coefficient (Wildman–Crippen LogP) is 2.73. The van der Waals surface area contributed by atoms with Crippen molar-refractivity contribution in [2.75, 3.05) is 13.2 Å². The van der Waals surface area contributed by atoms with Crippen molar-refractivity contribution < 1.29 is 9.53 Å². The van der Waals surface area contributed by atoms with Crippen molar-refractivity contribution in [3.05, 3.63) is 40.9 Å². The highest BCUT2D eigenvalue weighted by Gasteiger charge is 2.02. The van der Waals surface area contributed by atoms with Gasteiger partial charge in [0.15, 0.2) is 6.61 Å². The van der Waals surface area contributed by atoms with E-state index in [2.05, 4.69) is 27.2 Å². The zero-order valence-electron chi connectivity index (χ0n) is 10.2. The standard InChI is InChI=1S/C15H12BrNO2/c1-2-7-17-15(18)10-19-14-6-4-11-8-13(16)5-3-12(11)9-14/h1,3-6,8-9H,7,10H2,(H,17,18). The van der Waals surface area contributed by atoms with E-state index in [9.17, 15) is 4.79 Å². The molecule has 0 heterocycles. The number of halogens is 1. The van der Waals surface area contributed by atoms with E-state index in [0.29, 0.717) is 5.75 Å². The summed E-state index contributed by atoms with van der Waals surface area (Å²) in [6.07, 6.45) is 5.05. The van der Waals surface area contributed by atoms with Gasteiger partial charge in [0.25, 0.3) is 5.91 Å². The Morgan fingerprint density at radius 3 is 2.79 bits per heavy atom. The Bertz CT molecular complexity index is 646. The Hall–Kier alpha value is -1.99. The second-order valence-corrected chi connectivity index (χ2v) is 4.84. The van der Waals surface area contributed by atoms with Crippen LogP contribution in [0.15, 0.2) is 40.9 Å². The minimum atomic E-state index is -0.228. The first kappa shape index (κ1) is 13.4. The van der Waals surface area contributed by atoms with Gasteiger partial charge in [0, 0.05) is 4.47 Å². The first-order chi connectivity index (χ1) is 9.19. The average molecular weight is 318 g/mol. The molecule has 0 radical (unpaired) electrons. The van der Waals surface area contributed by atoms with Crippen LogP contribution < -0.4 is 10.1 Å². The predicted molar refractivity (Wildman–Crippen MR) is 79.0 cm³/mol. The maximum atomic E-state index is 11.3. The summed E-state index contributed by atoms with van der Waals surface area (Å²) < 4.78 is 6.44. The molecule has 0 saturated heterocycles. The van der Waals surface area contributed by atoms with Gasteiger partial charge in [0.2, 0.25) is 0 Å². The van der Waals surface area contributed by atoms with Crippen LogP contribution in [0.1, 0.15) is 0 Å². The number of ether oxygens (including phenoxy) is 1. The molecule has 96 valence electrons. The number of carbonyl (C=O) groups excluding carboxylic acids is 1. The highest BCUT2D eigenvalue weighted by atomic mass is 79.9. The van der Waals surface area contributed by atoms with E-state index in [1.807, 2.05) is 36.4 Å². The van der Waals surface area contributed by atoms with Crippen LogP contribution in [0.3, 0.4) is 0 Å². The van der Waals surface area contributed by atoms with Crippen molar-refractivity contribution in [2.24, 2.45) is 0 Å². The summed E-state index contributed by atoms with van der Waals surface area (Å²) in [5.74, 6) is 2.76. The number of nitrogens with one attached hydrogen (secondary N) is 1. The summed E-state index contributed by atoms with van der Waals surface area (Å²) in [6, 6.07) is 11.7. The van der Waals surface area contributed by atoms with Crippen molar-refractivity contribution in [1.82, 2.24) is 5.32 Å². The second-order valence-electron chi connectivity index (χ2n) is 3.92. The van der Waals surface area contributed by atoms with Gasteiger partial charge < -0.3 is 10.1 Å². The molecule has 0 fully saturated rings. The van der Waals surface area contributed by atoms with Gasteiger partial charge in [-0.3, -0.25) is 4.79 Å². The maximum absolute atomic E-state index is 11.3. The van der Waals surface area contributed by atoms with Crippen molar-refractivity contribution in [1.29, 1.82) is 0 Å². The third-order valence-corrected chi connectivity index (χ3v) is 3.02. The van der Waals surface area contributed by atoms with Crippen LogP contribution in [0.2, 0.25) is 0 Å². The molecule has 0 aromatic heterocycles. The fourth-order valence-electron chi connectivity index (χ4n) is 1.63. The SMILES string of the molecule is C#CCNC(=O)COc1ccc2cc(Br)ccc2c1. The minimum Gasteiger partial charge on any atom is -0.484 e. The van der Waals surface area contributed by atoms with Gasteiger partial charge in [-0.1, -0.05) is 34.0 Å². The lowest BCUT2D eigenvalue weighted by molar-refractivity contribution is -0.122. The van der Waals surface area contributed by atoms with E-state index in [1.165, 1.54) is 0 Å². The Morgan fingerprint density at radius 2 is 2.00 bits per heavy atom. The van der Waals surface area contributed by atoms with Gasteiger partial charge >= 0.3 is 0 Å². The van der Waals surface area contributed by atoms with Crippen molar-refractivity contribution in [2.45, 2.75) is 0 Å². The van der Waals surface area contributed by atoms with Crippen LogP contribution in [0.4, 0.5) is 0 Å². The van der Waals surface area contributed by atoms with Gasteiger partial charge in [0.1, 0.15) is 5.75 Å². The van der Waals surface area contributed by atoms with E-state index in [0.717, 1.165) is 15.2 Å². The Morgan fingerprint density at radius 1 is 1.26 bits per heavy atom. The van der Waals surface area contributed by atoms with E-state index < -0.39 is 0 Å². The van der Waals surface area contributed by atoms with E-state index in [4.69, 9.17) is 11.2 Å². The average Bonchev–Trinajstić information content (AvgIpc) is 2.42. The lowest BCUT2D eigenvalue weighted by atomic mass is 10.1.